The van der Waals surface area contributed by atoms with E-state index in [1.165, 1.54) is 4.90 Å². The third-order valence-corrected chi connectivity index (χ3v) is 5.62. The van der Waals surface area contributed by atoms with Gasteiger partial charge in [0.25, 0.3) is 0 Å². The summed E-state index contributed by atoms with van der Waals surface area (Å²) >= 11 is 0. The van der Waals surface area contributed by atoms with Crippen molar-refractivity contribution >= 4 is 12.0 Å². The van der Waals surface area contributed by atoms with E-state index in [4.69, 9.17) is 4.74 Å². The first-order valence-corrected chi connectivity index (χ1v) is 10.8. The maximum absolute atomic E-state index is 12.8. The molecular formula is C25H34N2O5. The highest BCUT2D eigenvalue weighted by Crippen LogP contribution is 2.21. The highest BCUT2D eigenvalue weighted by Gasteiger charge is 2.30. The monoisotopic (exact) mass is 442 g/mol. The number of benzene rings is 2. The van der Waals surface area contributed by atoms with Crippen LogP contribution in [0.1, 0.15) is 44.4 Å². The number of aliphatic hydroxyl groups excluding tert-OH is 2. The molecule has 4 atom stereocenters. The first-order chi connectivity index (χ1) is 15.2. The van der Waals surface area contributed by atoms with Crippen molar-refractivity contribution in [2.45, 2.75) is 58.1 Å². The van der Waals surface area contributed by atoms with Crippen LogP contribution in [0.4, 0.5) is 4.79 Å². The third kappa shape index (κ3) is 7.35. The van der Waals surface area contributed by atoms with Crippen LogP contribution >= 0.6 is 0 Å². The summed E-state index contributed by atoms with van der Waals surface area (Å²) in [5, 5.41) is 23.9. The fourth-order valence-electron chi connectivity index (χ4n) is 3.43. The van der Waals surface area contributed by atoms with Crippen LogP contribution in [-0.4, -0.2) is 52.3 Å². The van der Waals surface area contributed by atoms with Crippen LogP contribution in [0.5, 0.6) is 0 Å². The van der Waals surface area contributed by atoms with Gasteiger partial charge in [-0.1, -0.05) is 74.5 Å². The molecular weight excluding hydrogens is 408 g/mol. The van der Waals surface area contributed by atoms with Gasteiger partial charge in [-0.15, -0.1) is 0 Å². The minimum atomic E-state index is -1.10. The zero-order valence-electron chi connectivity index (χ0n) is 19.1. The number of carbonyl (C=O) groups excluding carboxylic acids is 2. The van der Waals surface area contributed by atoms with E-state index >= 15 is 0 Å². The molecule has 0 spiro atoms. The van der Waals surface area contributed by atoms with Gasteiger partial charge in [0.05, 0.1) is 30.7 Å². The van der Waals surface area contributed by atoms with E-state index in [-0.39, 0.29) is 24.9 Å². The molecule has 7 heteroatoms. The van der Waals surface area contributed by atoms with Gasteiger partial charge in [-0.05, 0) is 24.0 Å². The van der Waals surface area contributed by atoms with E-state index in [0.29, 0.717) is 5.56 Å². The number of rotatable bonds is 10. The standard InChI is InChI=1S/C25H34N2O5/c1-17(2)23(26-25(31)32-16-19-11-7-5-8-12-19)21(28)15-22(29)27(4)18(3)24(30)20-13-9-6-10-14-20/h5-14,17-18,21,23-24,28,30H,15-16H2,1-4H3,(H,26,31)/t18-,21?,23-,24+/m1/s1. The first kappa shape index (κ1) is 25.4. The Morgan fingerprint density at radius 2 is 1.53 bits per heavy atom. The van der Waals surface area contributed by atoms with Gasteiger partial charge in [0.15, 0.2) is 0 Å². The SMILES string of the molecule is CC(C)[C@@H](NC(=O)OCc1ccccc1)C(O)CC(=O)N(C)[C@H](C)[C@H](O)c1ccccc1. The Balaban J connectivity index is 1.92. The molecule has 0 aliphatic rings. The molecule has 7 nitrogen and oxygen atoms in total. The second kappa shape index (κ2) is 12.2. The summed E-state index contributed by atoms with van der Waals surface area (Å²) in [7, 11) is 1.60. The van der Waals surface area contributed by atoms with Gasteiger partial charge in [-0.2, -0.15) is 0 Å². The van der Waals surface area contributed by atoms with Crippen molar-refractivity contribution in [1.82, 2.24) is 10.2 Å². The molecule has 1 unspecified atom stereocenters. The number of hydrogen-bond donors (Lipinski definition) is 3. The average Bonchev–Trinajstić information content (AvgIpc) is 2.80. The number of alkyl carbamates (subject to hydrolysis) is 1. The average molecular weight is 443 g/mol. The fraction of sp³-hybridized carbons (Fsp3) is 0.440. The van der Waals surface area contributed by atoms with Crippen LogP contribution in [0.2, 0.25) is 0 Å². The molecule has 0 aliphatic heterocycles. The van der Waals surface area contributed by atoms with Gasteiger partial charge in [0, 0.05) is 7.05 Å². The molecule has 0 fully saturated rings. The number of nitrogens with zero attached hydrogens (tertiary/aromatic N) is 1. The maximum Gasteiger partial charge on any atom is 0.407 e. The fourth-order valence-corrected chi connectivity index (χ4v) is 3.43. The molecule has 0 radical (unpaired) electrons. The summed E-state index contributed by atoms with van der Waals surface area (Å²) in [6.45, 7) is 5.56. The van der Waals surface area contributed by atoms with Crippen LogP contribution in [0.15, 0.2) is 60.7 Å². The van der Waals surface area contributed by atoms with Crippen molar-refractivity contribution in [3.05, 3.63) is 71.8 Å². The zero-order chi connectivity index (χ0) is 23.7. The highest BCUT2D eigenvalue weighted by molar-refractivity contribution is 5.77. The summed E-state index contributed by atoms with van der Waals surface area (Å²) in [5.41, 5.74) is 1.56. The minimum absolute atomic E-state index is 0.115. The molecule has 0 saturated carbocycles. The van der Waals surface area contributed by atoms with E-state index in [0.717, 1.165) is 5.56 Å². The van der Waals surface area contributed by atoms with Gasteiger partial charge >= 0.3 is 6.09 Å². The van der Waals surface area contributed by atoms with Gasteiger partial charge in [-0.25, -0.2) is 4.79 Å². The van der Waals surface area contributed by atoms with Crippen LogP contribution in [-0.2, 0) is 16.1 Å². The zero-order valence-corrected chi connectivity index (χ0v) is 19.1. The quantitative estimate of drug-likeness (QED) is 0.525. The Kier molecular flexibility index (Phi) is 9.68. The molecule has 0 bridgehead atoms. The topological polar surface area (TPSA) is 99.1 Å². The van der Waals surface area contributed by atoms with Crippen molar-refractivity contribution < 1.29 is 24.5 Å². The molecule has 2 aromatic carbocycles. The molecule has 174 valence electrons. The molecule has 2 rings (SSSR count). The predicted octanol–water partition coefficient (Wildman–Crippen LogP) is 3.27. The third-order valence-electron chi connectivity index (χ3n) is 5.62. The van der Waals surface area contributed by atoms with Crippen molar-refractivity contribution in [3.63, 3.8) is 0 Å². The minimum Gasteiger partial charge on any atom is -0.445 e. The number of carbonyl (C=O) groups is 2. The van der Waals surface area contributed by atoms with E-state index in [1.54, 1.807) is 26.1 Å². The number of likely N-dealkylation sites (N-methyl/N-ethyl adjacent to an activating group) is 1. The number of hydrogen-bond acceptors (Lipinski definition) is 5. The normalized spacial score (nSPS) is 14.8. The Morgan fingerprint density at radius 3 is 2.09 bits per heavy atom. The van der Waals surface area contributed by atoms with E-state index in [2.05, 4.69) is 5.32 Å². The van der Waals surface area contributed by atoms with E-state index < -0.39 is 30.4 Å². The van der Waals surface area contributed by atoms with Crippen LogP contribution < -0.4 is 5.32 Å². The Labute approximate surface area is 190 Å². The summed E-state index contributed by atoms with van der Waals surface area (Å²) in [6.07, 6.45) is -2.80. The van der Waals surface area contributed by atoms with Crippen LogP contribution in [0.25, 0.3) is 0 Å². The van der Waals surface area contributed by atoms with Crippen LogP contribution in [0.3, 0.4) is 0 Å². The van der Waals surface area contributed by atoms with Gasteiger partial charge < -0.3 is 25.2 Å². The first-order valence-electron chi connectivity index (χ1n) is 10.8. The van der Waals surface area contributed by atoms with Gasteiger partial charge in [0.1, 0.15) is 6.61 Å². The van der Waals surface area contributed by atoms with E-state index in [1.807, 2.05) is 62.4 Å². The Hall–Kier alpha value is -2.90. The summed E-state index contributed by atoms with van der Waals surface area (Å²) in [4.78, 5) is 26.4. The number of aliphatic hydroxyl groups is 2. The number of ether oxygens (including phenoxy) is 1. The maximum atomic E-state index is 12.8. The van der Waals surface area contributed by atoms with Gasteiger partial charge in [0.2, 0.25) is 5.91 Å². The van der Waals surface area contributed by atoms with Crippen LogP contribution in [0, 0.1) is 5.92 Å². The largest absolute Gasteiger partial charge is 0.445 e. The highest BCUT2D eigenvalue weighted by atomic mass is 16.5. The lowest BCUT2D eigenvalue weighted by Crippen LogP contribution is -2.49. The lowest BCUT2D eigenvalue weighted by atomic mass is 9.95. The van der Waals surface area contributed by atoms with Crippen molar-refractivity contribution in [1.29, 1.82) is 0 Å². The molecule has 32 heavy (non-hydrogen) atoms. The molecule has 0 aliphatic carbocycles. The summed E-state index contributed by atoms with van der Waals surface area (Å²) in [6, 6.07) is 17.2. The predicted molar refractivity (Wildman–Crippen MR) is 123 cm³/mol. The molecule has 0 heterocycles. The molecule has 0 saturated heterocycles. The second-order valence-corrected chi connectivity index (χ2v) is 8.35. The summed E-state index contributed by atoms with van der Waals surface area (Å²) < 4.78 is 5.24. The lowest BCUT2D eigenvalue weighted by Gasteiger charge is -2.32. The second-order valence-electron chi connectivity index (χ2n) is 8.35. The molecule has 2 amide bonds. The van der Waals surface area contributed by atoms with Crippen molar-refractivity contribution in [2.75, 3.05) is 7.05 Å². The Bertz CT molecular complexity index is 844. The Morgan fingerprint density at radius 1 is 0.969 bits per heavy atom. The van der Waals surface area contributed by atoms with E-state index in [9.17, 15) is 19.8 Å². The molecule has 2 aromatic rings. The lowest BCUT2D eigenvalue weighted by molar-refractivity contribution is -0.136. The molecule has 3 N–H and O–H groups in total. The number of nitrogens with one attached hydrogen (secondary N) is 1. The summed E-state index contributed by atoms with van der Waals surface area (Å²) in [5.74, 6) is -0.454. The molecule has 0 aromatic heterocycles. The van der Waals surface area contributed by atoms with Crippen molar-refractivity contribution in [2.24, 2.45) is 5.92 Å². The van der Waals surface area contributed by atoms with Crippen molar-refractivity contribution in [3.8, 4) is 0 Å². The number of amides is 2. The van der Waals surface area contributed by atoms with Gasteiger partial charge in [-0.3, -0.25) is 4.79 Å². The smallest absolute Gasteiger partial charge is 0.407 e.